The second kappa shape index (κ2) is 5.60. The fraction of sp³-hybridized carbons (Fsp3) is 0.385. The van der Waals surface area contributed by atoms with E-state index in [4.69, 9.17) is 10.5 Å². The van der Waals surface area contributed by atoms with Gasteiger partial charge in [-0.15, -0.1) is 0 Å². The Labute approximate surface area is 111 Å². The molecule has 0 heterocycles. The number of phenolic OH excluding ortho intramolecular Hbond substituents is 1. The Morgan fingerprint density at radius 3 is 2.58 bits per heavy atom. The van der Waals surface area contributed by atoms with E-state index < -0.39 is 17.2 Å². The second-order valence-electron chi connectivity index (χ2n) is 4.79. The lowest BCUT2D eigenvalue weighted by Crippen LogP contribution is -2.42. The lowest BCUT2D eigenvalue weighted by atomic mass is 9.92. The molecule has 0 aliphatic heterocycles. The van der Waals surface area contributed by atoms with Crippen molar-refractivity contribution in [1.82, 2.24) is 5.32 Å². The van der Waals surface area contributed by atoms with Crippen LogP contribution in [0.2, 0.25) is 0 Å². The Kier molecular flexibility index (Phi) is 4.37. The molecule has 0 unspecified atom stereocenters. The number of methoxy groups -OCH3 is 1. The summed E-state index contributed by atoms with van der Waals surface area (Å²) in [7, 11) is 1.40. The van der Waals surface area contributed by atoms with Gasteiger partial charge < -0.3 is 20.9 Å². The van der Waals surface area contributed by atoms with Crippen LogP contribution in [0, 0.1) is 5.41 Å². The van der Waals surface area contributed by atoms with Gasteiger partial charge in [0.25, 0.3) is 5.91 Å². The summed E-state index contributed by atoms with van der Waals surface area (Å²) in [4.78, 5) is 23.1. The van der Waals surface area contributed by atoms with Crippen molar-refractivity contribution in [3.8, 4) is 11.5 Å². The van der Waals surface area contributed by atoms with E-state index in [0.29, 0.717) is 0 Å². The number of hydrogen-bond acceptors (Lipinski definition) is 4. The summed E-state index contributed by atoms with van der Waals surface area (Å²) in [5.41, 5.74) is 4.44. The summed E-state index contributed by atoms with van der Waals surface area (Å²) in [6.45, 7) is 3.33. The van der Waals surface area contributed by atoms with Gasteiger partial charge in [0.2, 0.25) is 5.91 Å². The van der Waals surface area contributed by atoms with Gasteiger partial charge in [-0.3, -0.25) is 9.59 Å². The summed E-state index contributed by atoms with van der Waals surface area (Å²) in [6, 6.07) is 4.59. The summed E-state index contributed by atoms with van der Waals surface area (Å²) in [6.07, 6.45) is 0. The molecule has 4 N–H and O–H groups in total. The molecular formula is C13H18N2O4. The van der Waals surface area contributed by atoms with E-state index in [1.165, 1.54) is 13.2 Å². The van der Waals surface area contributed by atoms with Crippen LogP contribution in [-0.4, -0.2) is 30.6 Å². The highest BCUT2D eigenvalue weighted by Gasteiger charge is 2.26. The number of carbonyl (C=O) groups is 2. The van der Waals surface area contributed by atoms with Crippen LogP contribution in [0.4, 0.5) is 0 Å². The number of aromatic hydroxyl groups is 1. The first-order valence-corrected chi connectivity index (χ1v) is 5.73. The maximum absolute atomic E-state index is 11.9. The van der Waals surface area contributed by atoms with Crippen molar-refractivity contribution >= 4 is 11.8 Å². The van der Waals surface area contributed by atoms with Crippen LogP contribution in [0.15, 0.2) is 18.2 Å². The molecule has 0 atom stereocenters. The molecule has 0 aliphatic carbocycles. The molecule has 104 valence electrons. The van der Waals surface area contributed by atoms with Crippen molar-refractivity contribution in [3.63, 3.8) is 0 Å². The van der Waals surface area contributed by atoms with Crippen LogP contribution in [0.5, 0.6) is 11.5 Å². The number of hydrogen-bond donors (Lipinski definition) is 3. The number of primary amides is 1. The molecule has 6 heteroatoms. The maximum Gasteiger partial charge on any atom is 0.255 e. The molecule has 0 saturated carbocycles. The monoisotopic (exact) mass is 266 g/mol. The van der Waals surface area contributed by atoms with Crippen molar-refractivity contribution in [2.45, 2.75) is 13.8 Å². The SMILES string of the molecule is COc1cccc(C(=O)NCC(C)(C)C(N)=O)c1O. The summed E-state index contributed by atoms with van der Waals surface area (Å²) in [5, 5.41) is 12.4. The standard InChI is InChI=1S/C13H18N2O4/c1-13(2,12(14)18)7-15-11(17)8-5-4-6-9(19-3)10(8)16/h4-6,16H,7H2,1-3H3,(H2,14,18)(H,15,17). The van der Waals surface area contributed by atoms with E-state index in [1.54, 1.807) is 26.0 Å². The lowest BCUT2D eigenvalue weighted by molar-refractivity contribution is -0.125. The molecule has 0 bridgehead atoms. The fourth-order valence-corrected chi connectivity index (χ4v) is 1.35. The molecule has 0 fully saturated rings. The van der Waals surface area contributed by atoms with Gasteiger partial charge in [-0.1, -0.05) is 6.07 Å². The molecule has 0 aliphatic rings. The third-order valence-electron chi connectivity index (χ3n) is 2.82. The number of para-hydroxylation sites is 1. The van der Waals surface area contributed by atoms with Gasteiger partial charge in [0.05, 0.1) is 18.1 Å². The van der Waals surface area contributed by atoms with Gasteiger partial charge >= 0.3 is 0 Å². The minimum Gasteiger partial charge on any atom is -0.504 e. The van der Waals surface area contributed by atoms with E-state index in [0.717, 1.165) is 0 Å². The molecule has 0 radical (unpaired) electrons. The first-order valence-electron chi connectivity index (χ1n) is 5.73. The van der Waals surface area contributed by atoms with E-state index in [-0.39, 0.29) is 23.6 Å². The number of nitrogens with two attached hydrogens (primary N) is 1. The van der Waals surface area contributed by atoms with E-state index in [1.807, 2.05) is 0 Å². The molecule has 1 aromatic rings. The average molecular weight is 266 g/mol. The fourth-order valence-electron chi connectivity index (χ4n) is 1.35. The van der Waals surface area contributed by atoms with Gasteiger partial charge in [-0.05, 0) is 26.0 Å². The molecule has 19 heavy (non-hydrogen) atoms. The van der Waals surface area contributed by atoms with Crippen LogP contribution in [-0.2, 0) is 4.79 Å². The molecule has 0 spiro atoms. The largest absolute Gasteiger partial charge is 0.504 e. The van der Waals surface area contributed by atoms with Crippen molar-refractivity contribution < 1.29 is 19.4 Å². The number of benzene rings is 1. The highest BCUT2D eigenvalue weighted by molar-refractivity contribution is 5.98. The zero-order chi connectivity index (χ0) is 14.6. The number of rotatable bonds is 5. The van der Waals surface area contributed by atoms with Crippen LogP contribution >= 0.6 is 0 Å². The quantitative estimate of drug-likeness (QED) is 0.728. The predicted molar refractivity (Wildman–Crippen MR) is 70.0 cm³/mol. The number of carbonyl (C=O) groups excluding carboxylic acids is 2. The Balaban J connectivity index is 2.83. The van der Waals surface area contributed by atoms with Gasteiger partial charge in [-0.2, -0.15) is 0 Å². The molecule has 1 aromatic carbocycles. The van der Waals surface area contributed by atoms with Crippen LogP contribution in [0.3, 0.4) is 0 Å². The number of nitrogens with one attached hydrogen (secondary N) is 1. The van der Waals surface area contributed by atoms with Gasteiger partial charge in [-0.25, -0.2) is 0 Å². The predicted octanol–water partition coefficient (Wildman–Crippen LogP) is 0.642. The zero-order valence-corrected chi connectivity index (χ0v) is 11.2. The minimum atomic E-state index is -0.857. The Bertz CT molecular complexity index is 497. The van der Waals surface area contributed by atoms with Crippen molar-refractivity contribution in [2.75, 3.05) is 13.7 Å². The van der Waals surface area contributed by atoms with Crippen molar-refractivity contribution in [1.29, 1.82) is 0 Å². The number of ether oxygens (including phenoxy) is 1. The second-order valence-corrected chi connectivity index (χ2v) is 4.79. The Hall–Kier alpha value is -2.24. The Morgan fingerprint density at radius 1 is 1.42 bits per heavy atom. The van der Waals surface area contributed by atoms with E-state index in [2.05, 4.69) is 5.32 Å². The highest BCUT2D eigenvalue weighted by Crippen LogP contribution is 2.29. The van der Waals surface area contributed by atoms with Gasteiger partial charge in [0, 0.05) is 6.54 Å². The third kappa shape index (κ3) is 3.37. The first-order chi connectivity index (χ1) is 8.79. The number of amides is 2. The normalized spacial score (nSPS) is 10.9. The molecule has 6 nitrogen and oxygen atoms in total. The van der Waals surface area contributed by atoms with Crippen molar-refractivity contribution in [3.05, 3.63) is 23.8 Å². The number of phenols is 1. The smallest absolute Gasteiger partial charge is 0.255 e. The van der Waals surface area contributed by atoms with Crippen LogP contribution in [0.25, 0.3) is 0 Å². The van der Waals surface area contributed by atoms with Crippen LogP contribution < -0.4 is 15.8 Å². The maximum atomic E-state index is 11.9. The highest BCUT2D eigenvalue weighted by atomic mass is 16.5. The molecule has 1 rings (SSSR count). The third-order valence-corrected chi connectivity index (χ3v) is 2.82. The van der Waals surface area contributed by atoms with E-state index >= 15 is 0 Å². The molecule has 0 saturated heterocycles. The summed E-state index contributed by atoms with van der Waals surface area (Å²) in [5.74, 6) is -1.03. The summed E-state index contributed by atoms with van der Waals surface area (Å²) >= 11 is 0. The molecule has 2 amide bonds. The lowest BCUT2D eigenvalue weighted by Gasteiger charge is -2.20. The Morgan fingerprint density at radius 2 is 2.05 bits per heavy atom. The molecular weight excluding hydrogens is 248 g/mol. The van der Waals surface area contributed by atoms with Gasteiger partial charge in [0.15, 0.2) is 11.5 Å². The zero-order valence-electron chi connectivity index (χ0n) is 11.2. The van der Waals surface area contributed by atoms with E-state index in [9.17, 15) is 14.7 Å². The first kappa shape index (κ1) is 14.8. The van der Waals surface area contributed by atoms with Gasteiger partial charge in [0.1, 0.15) is 0 Å². The topological polar surface area (TPSA) is 102 Å². The van der Waals surface area contributed by atoms with Crippen molar-refractivity contribution in [2.24, 2.45) is 11.1 Å². The molecule has 0 aromatic heterocycles. The van der Waals surface area contributed by atoms with Crippen LogP contribution in [0.1, 0.15) is 24.2 Å². The summed E-state index contributed by atoms with van der Waals surface area (Å²) < 4.78 is 4.92. The minimum absolute atomic E-state index is 0.0812. The average Bonchev–Trinajstić information content (AvgIpc) is 2.36.